The number of rotatable bonds is 11. The molecule has 0 saturated carbocycles. The first-order chi connectivity index (χ1) is 23.7. The number of esters is 1. The molecule has 0 fully saturated rings. The average molecular weight is 720 g/mol. The number of nitrogens with one attached hydrogen (secondary N) is 3. The number of hydrogen-bond donors (Lipinski definition) is 3. The Bertz CT molecular complexity index is 1860. The quantitative estimate of drug-likeness (QED) is 0.0814. The summed E-state index contributed by atoms with van der Waals surface area (Å²) in [4.78, 5) is 54.3. The van der Waals surface area contributed by atoms with Crippen molar-refractivity contribution in [2.24, 2.45) is 0 Å². The largest absolute Gasteiger partial charge is 0.462 e. The van der Waals surface area contributed by atoms with E-state index in [9.17, 15) is 23.6 Å². The number of anilines is 2. The summed E-state index contributed by atoms with van der Waals surface area (Å²) in [7, 11) is 0. The molecule has 0 saturated heterocycles. The van der Waals surface area contributed by atoms with E-state index in [0.717, 1.165) is 49.0 Å². The first-order valence-electron chi connectivity index (χ1n) is 15.9. The van der Waals surface area contributed by atoms with Gasteiger partial charge in [-0.15, -0.1) is 23.1 Å². The highest BCUT2D eigenvalue weighted by Crippen LogP contribution is 2.38. The minimum atomic E-state index is -0.705. The van der Waals surface area contributed by atoms with Gasteiger partial charge < -0.3 is 20.7 Å². The van der Waals surface area contributed by atoms with Crippen molar-refractivity contribution in [3.8, 4) is 0 Å². The van der Waals surface area contributed by atoms with Gasteiger partial charge in [0.1, 0.15) is 16.5 Å². The van der Waals surface area contributed by atoms with Crippen LogP contribution in [0.3, 0.4) is 0 Å². The third-order valence-corrected chi connectivity index (χ3v) is 10.2. The lowest BCUT2D eigenvalue weighted by atomic mass is 9.96. The monoisotopic (exact) mass is 719 g/mol. The van der Waals surface area contributed by atoms with Crippen molar-refractivity contribution in [2.45, 2.75) is 50.3 Å². The molecule has 3 amide bonds. The van der Waals surface area contributed by atoms with E-state index in [1.807, 2.05) is 0 Å². The number of benzene rings is 3. The molecule has 49 heavy (non-hydrogen) atoms. The second kappa shape index (κ2) is 17.3. The number of carbonyl (C=O) groups is 4. The molecular formula is C37H35ClFN3O5S2. The van der Waals surface area contributed by atoms with Crippen LogP contribution >= 0.6 is 34.7 Å². The van der Waals surface area contributed by atoms with Crippen molar-refractivity contribution in [2.75, 3.05) is 23.0 Å². The summed E-state index contributed by atoms with van der Waals surface area (Å²) in [5.41, 5.74) is 1.87. The Morgan fingerprint density at radius 1 is 0.939 bits per heavy atom. The molecule has 1 aliphatic rings. The maximum absolute atomic E-state index is 14.7. The number of carbonyl (C=O) groups excluding carboxylic acids is 4. The van der Waals surface area contributed by atoms with E-state index in [1.54, 1.807) is 61.5 Å². The second-order valence-electron chi connectivity index (χ2n) is 11.2. The molecule has 1 aliphatic carbocycles. The lowest BCUT2D eigenvalue weighted by Crippen LogP contribution is -2.30. The number of hydrogen-bond acceptors (Lipinski definition) is 7. The van der Waals surface area contributed by atoms with Gasteiger partial charge in [0.25, 0.3) is 11.8 Å². The van der Waals surface area contributed by atoms with Gasteiger partial charge in [0.2, 0.25) is 5.91 Å². The molecule has 0 bridgehead atoms. The number of aryl methyl sites for hydroxylation is 1. The van der Waals surface area contributed by atoms with Gasteiger partial charge in [-0.05, 0) is 86.7 Å². The van der Waals surface area contributed by atoms with E-state index in [1.165, 1.54) is 47.4 Å². The standard InChI is InChI=1S/C37H35ClFN3O5S2/c1-2-47-37(46)33-26-16-8-3-4-9-19-31(26)49-36(33)42-32(43)22-48-25-15-10-14-24(20-25)40-35(45)30(21-27-28(38)17-11-18-29(27)39)41-34(44)23-12-6-5-7-13-23/h5-7,10-15,17-18,20-21H,2-4,8-9,16,19,22H2,1H3,(H,40,45)(H,41,44)(H,42,43)/b30-21+. The van der Waals surface area contributed by atoms with Crippen LogP contribution in [0.5, 0.6) is 0 Å². The lowest BCUT2D eigenvalue weighted by molar-refractivity contribution is -0.114. The molecule has 3 N–H and O–H groups in total. The van der Waals surface area contributed by atoms with Crippen LogP contribution in [0.2, 0.25) is 5.02 Å². The van der Waals surface area contributed by atoms with Crippen molar-refractivity contribution < 1.29 is 28.3 Å². The van der Waals surface area contributed by atoms with E-state index >= 15 is 0 Å². The molecule has 254 valence electrons. The SMILES string of the molecule is CCOC(=O)c1c(NC(=O)CSc2cccc(NC(=O)/C(=C\c3c(F)cccc3Cl)NC(=O)c3ccccc3)c2)sc2c1CCCCCC2. The predicted molar refractivity (Wildman–Crippen MR) is 194 cm³/mol. The number of halogens is 2. The van der Waals surface area contributed by atoms with Crippen LogP contribution in [0.15, 0.2) is 83.4 Å². The van der Waals surface area contributed by atoms with E-state index in [2.05, 4.69) is 16.0 Å². The maximum atomic E-state index is 14.7. The van der Waals surface area contributed by atoms with Crippen LogP contribution in [-0.2, 0) is 27.2 Å². The van der Waals surface area contributed by atoms with E-state index in [4.69, 9.17) is 16.3 Å². The fraction of sp³-hybridized carbons (Fsp3) is 0.243. The number of ether oxygens (including phenoxy) is 1. The van der Waals surface area contributed by atoms with Gasteiger partial charge in [0.05, 0.1) is 22.9 Å². The molecular weight excluding hydrogens is 685 g/mol. The van der Waals surface area contributed by atoms with Gasteiger partial charge in [0.15, 0.2) is 0 Å². The van der Waals surface area contributed by atoms with E-state index in [-0.39, 0.29) is 34.6 Å². The van der Waals surface area contributed by atoms with Crippen molar-refractivity contribution in [1.29, 1.82) is 0 Å². The molecule has 5 rings (SSSR count). The van der Waals surface area contributed by atoms with E-state index < -0.39 is 23.6 Å². The molecule has 0 radical (unpaired) electrons. The van der Waals surface area contributed by atoms with Crippen LogP contribution in [0, 0.1) is 5.82 Å². The van der Waals surface area contributed by atoms with Gasteiger partial charge in [-0.3, -0.25) is 14.4 Å². The zero-order valence-corrected chi connectivity index (χ0v) is 29.2. The topological polar surface area (TPSA) is 114 Å². The van der Waals surface area contributed by atoms with Gasteiger partial charge in [-0.1, -0.05) is 54.8 Å². The smallest absolute Gasteiger partial charge is 0.341 e. The normalized spacial score (nSPS) is 13.0. The fourth-order valence-corrected chi connectivity index (χ4v) is 7.60. The van der Waals surface area contributed by atoms with Crippen molar-refractivity contribution in [1.82, 2.24) is 5.32 Å². The third-order valence-electron chi connectivity index (χ3n) is 7.68. The average Bonchev–Trinajstić information content (AvgIpc) is 3.40. The number of thiophene rings is 1. The summed E-state index contributed by atoms with van der Waals surface area (Å²) in [5.74, 6) is -2.58. The zero-order valence-electron chi connectivity index (χ0n) is 26.8. The third kappa shape index (κ3) is 9.59. The highest BCUT2D eigenvalue weighted by Gasteiger charge is 2.26. The molecule has 1 heterocycles. The Balaban J connectivity index is 1.29. The van der Waals surface area contributed by atoms with Crippen LogP contribution in [0.1, 0.15) is 69.3 Å². The minimum absolute atomic E-state index is 0.0479. The molecule has 3 aromatic carbocycles. The van der Waals surface area contributed by atoms with Gasteiger partial charge in [-0.2, -0.15) is 0 Å². The van der Waals surface area contributed by atoms with Crippen LogP contribution < -0.4 is 16.0 Å². The highest BCUT2D eigenvalue weighted by atomic mass is 35.5. The van der Waals surface area contributed by atoms with Crippen LogP contribution in [-0.4, -0.2) is 36.1 Å². The first kappa shape index (κ1) is 35.8. The van der Waals surface area contributed by atoms with Crippen LogP contribution in [0.25, 0.3) is 6.08 Å². The summed E-state index contributed by atoms with van der Waals surface area (Å²) in [5, 5.41) is 8.85. The summed E-state index contributed by atoms with van der Waals surface area (Å²) >= 11 is 8.92. The fourth-order valence-electron chi connectivity index (χ4n) is 5.34. The Kier molecular flexibility index (Phi) is 12.6. The Morgan fingerprint density at radius 2 is 1.69 bits per heavy atom. The summed E-state index contributed by atoms with van der Waals surface area (Å²) in [6.45, 7) is 2.00. The summed E-state index contributed by atoms with van der Waals surface area (Å²) in [6, 6.07) is 19.3. The first-order valence-corrected chi connectivity index (χ1v) is 18.1. The molecule has 0 atom stereocenters. The van der Waals surface area contributed by atoms with Gasteiger partial charge in [0, 0.05) is 26.6 Å². The Hall–Kier alpha value is -4.45. The van der Waals surface area contributed by atoms with E-state index in [0.29, 0.717) is 26.7 Å². The zero-order chi connectivity index (χ0) is 34.8. The maximum Gasteiger partial charge on any atom is 0.341 e. The molecule has 0 spiro atoms. The summed E-state index contributed by atoms with van der Waals surface area (Å²) < 4.78 is 20.0. The van der Waals surface area contributed by atoms with Crippen molar-refractivity contribution in [3.05, 3.63) is 116 Å². The molecule has 12 heteroatoms. The number of thioether (sulfide) groups is 1. The number of fused-ring (bicyclic) bond motifs is 1. The lowest BCUT2D eigenvalue weighted by Gasteiger charge is -2.13. The molecule has 1 aromatic heterocycles. The second-order valence-corrected chi connectivity index (χ2v) is 13.7. The molecule has 0 unspecified atom stereocenters. The predicted octanol–water partition coefficient (Wildman–Crippen LogP) is 8.52. The summed E-state index contributed by atoms with van der Waals surface area (Å²) in [6.07, 6.45) is 7.12. The molecule has 4 aromatic rings. The molecule has 8 nitrogen and oxygen atoms in total. The van der Waals surface area contributed by atoms with Gasteiger partial charge >= 0.3 is 5.97 Å². The number of amides is 3. The molecule has 0 aliphatic heterocycles. The van der Waals surface area contributed by atoms with Crippen molar-refractivity contribution in [3.63, 3.8) is 0 Å². The highest BCUT2D eigenvalue weighted by molar-refractivity contribution is 8.00. The van der Waals surface area contributed by atoms with Crippen molar-refractivity contribution >= 4 is 75.2 Å². The van der Waals surface area contributed by atoms with Gasteiger partial charge in [-0.25, -0.2) is 9.18 Å². The van der Waals surface area contributed by atoms with Crippen LogP contribution in [0.4, 0.5) is 15.1 Å². The minimum Gasteiger partial charge on any atom is -0.462 e. The Morgan fingerprint density at radius 3 is 2.45 bits per heavy atom. The Labute approximate surface area is 297 Å².